The standard InChI is InChI=1S/C22H29ClN4O4/c23-20-5-1-4-16(24-20)11-25-13-18-19(14-25)31-22(29)27(18)17-6-8-26(12-17)21(28)15-3-2-9-30-10-7-15/h1,4-5,15,17-19H,2-3,6-14H2/t15?,17?,18-,19+/m1/s1. The number of carbonyl (C=O) groups is 2. The highest BCUT2D eigenvalue weighted by molar-refractivity contribution is 6.29. The number of ether oxygens (including phenoxy) is 2. The first-order chi connectivity index (χ1) is 15.1. The van der Waals surface area contributed by atoms with Gasteiger partial charge in [0.1, 0.15) is 11.3 Å². The molecule has 4 aliphatic heterocycles. The Morgan fingerprint density at radius 3 is 2.94 bits per heavy atom. The van der Waals surface area contributed by atoms with Gasteiger partial charge in [0.25, 0.3) is 0 Å². The zero-order valence-electron chi connectivity index (χ0n) is 17.6. The monoisotopic (exact) mass is 448 g/mol. The number of carbonyl (C=O) groups excluding carboxylic acids is 2. The van der Waals surface area contributed by atoms with Gasteiger partial charge in [-0.2, -0.15) is 0 Å². The van der Waals surface area contributed by atoms with Crippen LogP contribution in [0.5, 0.6) is 0 Å². The normalized spacial score (nSPS) is 31.6. The number of amides is 2. The molecule has 0 saturated carbocycles. The molecule has 168 valence electrons. The molecule has 4 fully saturated rings. The Bertz CT molecular complexity index is 831. The molecule has 0 aromatic carbocycles. The third kappa shape index (κ3) is 4.38. The molecular formula is C22H29ClN4O4. The summed E-state index contributed by atoms with van der Waals surface area (Å²) in [4.78, 5) is 36.1. The van der Waals surface area contributed by atoms with Crippen molar-refractivity contribution in [2.45, 2.75) is 50.4 Å². The fraction of sp³-hybridized carbons (Fsp3) is 0.682. The molecular weight excluding hydrogens is 420 g/mol. The maximum absolute atomic E-state index is 13.0. The van der Waals surface area contributed by atoms with Crippen molar-refractivity contribution < 1.29 is 19.1 Å². The van der Waals surface area contributed by atoms with E-state index in [2.05, 4.69) is 9.88 Å². The second-order valence-corrected chi connectivity index (χ2v) is 9.40. The predicted octanol–water partition coefficient (Wildman–Crippen LogP) is 2.16. The van der Waals surface area contributed by atoms with E-state index in [1.165, 1.54) is 0 Å². The highest BCUT2D eigenvalue weighted by Crippen LogP contribution is 2.33. The number of rotatable bonds is 4. The molecule has 0 spiro atoms. The summed E-state index contributed by atoms with van der Waals surface area (Å²) in [6.45, 7) is 4.83. The van der Waals surface area contributed by atoms with Crippen molar-refractivity contribution in [1.82, 2.24) is 19.7 Å². The summed E-state index contributed by atoms with van der Waals surface area (Å²) < 4.78 is 11.2. The Hall–Kier alpha value is -1.90. The molecule has 0 N–H and O–H groups in total. The first-order valence-corrected chi connectivity index (χ1v) is 11.7. The van der Waals surface area contributed by atoms with E-state index in [0.29, 0.717) is 37.9 Å². The Morgan fingerprint density at radius 1 is 1.16 bits per heavy atom. The molecule has 4 atom stereocenters. The number of halogens is 1. The Labute approximate surface area is 187 Å². The van der Waals surface area contributed by atoms with Gasteiger partial charge in [0.15, 0.2) is 0 Å². The molecule has 1 aromatic rings. The van der Waals surface area contributed by atoms with Crippen LogP contribution >= 0.6 is 11.6 Å². The Balaban J connectivity index is 1.20. The predicted molar refractivity (Wildman–Crippen MR) is 114 cm³/mol. The maximum atomic E-state index is 13.0. The third-order valence-electron chi connectivity index (χ3n) is 6.96. The summed E-state index contributed by atoms with van der Waals surface area (Å²) >= 11 is 6.01. The maximum Gasteiger partial charge on any atom is 0.410 e. The van der Waals surface area contributed by atoms with Crippen LogP contribution in [0.25, 0.3) is 0 Å². The Kier molecular flexibility index (Phi) is 6.03. The number of pyridine rings is 1. The molecule has 4 aliphatic rings. The summed E-state index contributed by atoms with van der Waals surface area (Å²) in [5.41, 5.74) is 0.912. The fourth-order valence-corrected chi connectivity index (χ4v) is 5.62. The number of nitrogens with zero attached hydrogens (tertiary/aromatic N) is 4. The molecule has 0 aliphatic carbocycles. The zero-order chi connectivity index (χ0) is 21.4. The van der Waals surface area contributed by atoms with Gasteiger partial charge in [0, 0.05) is 51.9 Å². The van der Waals surface area contributed by atoms with E-state index in [-0.39, 0.29) is 36.1 Å². The van der Waals surface area contributed by atoms with Crippen molar-refractivity contribution in [3.63, 3.8) is 0 Å². The van der Waals surface area contributed by atoms with E-state index >= 15 is 0 Å². The van der Waals surface area contributed by atoms with Gasteiger partial charge in [-0.3, -0.25) is 14.6 Å². The number of aromatic nitrogens is 1. The molecule has 9 heteroatoms. The molecule has 0 radical (unpaired) electrons. The summed E-state index contributed by atoms with van der Waals surface area (Å²) in [7, 11) is 0. The first-order valence-electron chi connectivity index (χ1n) is 11.3. The van der Waals surface area contributed by atoms with Crippen LogP contribution < -0.4 is 0 Å². The SMILES string of the molecule is O=C(C1CCCOCC1)N1CCC(N2C(=O)O[C@H]3CN(Cc4cccc(Cl)n4)C[C@H]32)C1. The van der Waals surface area contributed by atoms with Crippen LogP contribution in [0.3, 0.4) is 0 Å². The van der Waals surface area contributed by atoms with E-state index in [1.54, 1.807) is 6.07 Å². The van der Waals surface area contributed by atoms with Crippen molar-refractivity contribution in [2.75, 3.05) is 39.4 Å². The van der Waals surface area contributed by atoms with Crippen LogP contribution in [-0.2, 0) is 20.8 Å². The fourth-order valence-electron chi connectivity index (χ4n) is 5.44. The Morgan fingerprint density at radius 2 is 2.06 bits per heavy atom. The largest absolute Gasteiger partial charge is 0.442 e. The smallest absolute Gasteiger partial charge is 0.410 e. The highest BCUT2D eigenvalue weighted by Gasteiger charge is 2.51. The molecule has 5 heterocycles. The van der Waals surface area contributed by atoms with E-state index in [1.807, 2.05) is 21.9 Å². The number of hydrogen-bond acceptors (Lipinski definition) is 6. The van der Waals surface area contributed by atoms with Gasteiger partial charge in [0.2, 0.25) is 5.91 Å². The summed E-state index contributed by atoms with van der Waals surface area (Å²) in [6.07, 6.45) is 3.07. The van der Waals surface area contributed by atoms with E-state index in [9.17, 15) is 9.59 Å². The lowest BCUT2D eigenvalue weighted by Gasteiger charge is -2.28. The summed E-state index contributed by atoms with van der Waals surface area (Å²) in [5.74, 6) is 0.267. The van der Waals surface area contributed by atoms with Gasteiger partial charge in [0.05, 0.1) is 17.8 Å². The van der Waals surface area contributed by atoms with Gasteiger partial charge in [-0.15, -0.1) is 0 Å². The third-order valence-corrected chi connectivity index (χ3v) is 7.17. The van der Waals surface area contributed by atoms with Crippen molar-refractivity contribution in [3.05, 3.63) is 29.0 Å². The van der Waals surface area contributed by atoms with Crippen LogP contribution in [0.4, 0.5) is 4.79 Å². The molecule has 0 bridgehead atoms. The van der Waals surface area contributed by atoms with Crippen molar-refractivity contribution in [1.29, 1.82) is 0 Å². The summed E-state index contributed by atoms with van der Waals surface area (Å²) in [5, 5.41) is 0.487. The van der Waals surface area contributed by atoms with Crippen LogP contribution in [0, 0.1) is 5.92 Å². The molecule has 8 nitrogen and oxygen atoms in total. The van der Waals surface area contributed by atoms with Crippen molar-refractivity contribution in [2.24, 2.45) is 5.92 Å². The number of likely N-dealkylation sites (tertiary alicyclic amines) is 2. The molecule has 2 amide bonds. The van der Waals surface area contributed by atoms with Crippen LogP contribution in [0.15, 0.2) is 18.2 Å². The second kappa shape index (κ2) is 8.92. The minimum atomic E-state index is -0.238. The molecule has 4 saturated heterocycles. The van der Waals surface area contributed by atoms with Gasteiger partial charge in [-0.25, -0.2) is 9.78 Å². The second-order valence-electron chi connectivity index (χ2n) is 9.01. The molecule has 31 heavy (non-hydrogen) atoms. The van der Waals surface area contributed by atoms with Gasteiger partial charge in [-0.05, 0) is 37.8 Å². The lowest BCUT2D eigenvalue weighted by Crippen LogP contribution is -2.47. The number of hydrogen-bond donors (Lipinski definition) is 0. The average molecular weight is 449 g/mol. The van der Waals surface area contributed by atoms with Crippen LogP contribution in [0.1, 0.15) is 31.4 Å². The molecule has 1 aromatic heterocycles. The van der Waals surface area contributed by atoms with Crippen molar-refractivity contribution >= 4 is 23.6 Å². The van der Waals surface area contributed by atoms with E-state index < -0.39 is 0 Å². The van der Waals surface area contributed by atoms with Crippen molar-refractivity contribution in [3.8, 4) is 0 Å². The quantitative estimate of drug-likeness (QED) is 0.657. The lowest BCUT2D eigenvalue weighted by molar-refractivity contribution is -0.135. The highest BCUT2D eigenvalue weighted by atomic mass is 35.5. The number of fused-ring (bicyclic) bond motifs is 1. The molecule has 2 unspecified atom stereocenters. The van der Waals surface area contributed by atoms with Gasteiger partial charge in [-0.1, -0.05) is 17.7 Å². The van der Waals surface area contributed by atoms with E-state index in [4.69, 9.17) is 21.1 Å². The van der Waals surface area contributed by atoms with Gasteiger partial charge >= 0.3 is 6.09 Å². The minimum absolute atomic E-state index is 0.0257. The lowest BCUT2D eigenvalue weighted by atomic mass is 9.99. The average Bonchev–Trinajstić information content (AvgIpc) is 3.35. The minimum Gasteiger partial charge on any atom is -0.442 e. The summed E-state index contributed by atoms with van der Waals surface area (Å²) in [6, 6.07) is 5.68. The van der Waals surface area contributed by atoms with Gasteiger partial charge < -0.3 is 14.4 Å². The topological polar surface area (TPSA) is 75.2 Å². The van der Waals surface area contributed by atoms with Crippen LogP contribution in [-0.4, -0.2) is 89.3 Å². The molecule has 5 rings (SSSR count). The zero-order valence-corrected chi connectivity index (χ0v) is 18.4. The first kappa shape index (κ1) is 21.0. The van der Waals surface area contributed by atoms with Crippen LogP contribution in [0.2, 0.25) is 5.15 Å². The van der Waals surface area contributed by atoms with E-state index in [0.717, 1.165) is 44.5 Å².